The van der Waals surface area contributed by atoms with Crippen LogP contribution in [0.5, 0.6) is 5.75 Å². The average molecular weight is 514 g/mol. The van der Waals surface area contributed by atoms with Gasteiger partial charge in [-0.1, -0.05) is 59.7 Å². The highest BCUT2D eigenvalue weighted by Crippen LogP contribution is 2.44. The number of hydrogen-bond donors (Lipinski definition) is 1. The summed E-state index contributed by atoms with van der Waals surface area (Å²) in [6.45, 7) is 18.2. The number of H-pyrrole nitrogens is 1. The summed E-state index contributed by atoms with van der Waals surface area (Å²) in [5.41, 5.74) is 3.14. The molecule has 1 saturated heterocycles. The number of aromatic nitrogens is 1. The van der Waals surface area contributed by atoms with Gasteiger partial charge in [0.15, 0.2) is 0 Å². The number of benzene rings is 2. The highest BCUT2D eigenvalue weighted by Gasteiger charge is 2.40. The lowest BCUT2D eigenvalue weighted by molar-refractivity contribution is 0.0198. The molecule has 5 rings (SSSR count). The van der Waals surface area contributed by atoms with Gasteiger partial charge < -0.3 is 9.72 Å². The van der Waals surface area contributed by atoms with Crippen molar-refractivity contribution < 1.29 is 14.9 Å². The number of nitrogens with zero attached hydrogens (tertiary/aromatic N) is 2. The number of para-hydroxylation sites is 1. The Morgan fingerprint density at radius 3 is 2.35 bits per heavy atom. The summed E-state index contributed by atoms with van der Waals surface area (Å²) in [5, 5.41) is 1.14. The van der Waals surface area contributed by atoms with Crippen LogP contribution in [0, 0.1) is 17.0 Å². The van der Waals surface area contributed by atoms with E-state index in [0.717, 1.165) is 61.2 Å². The topological polar surface area (TPSA) is 31.5 Å². The number of fused-ring (bicyclic) bond motifs is 3. The Kier molecular flexibility index (Phi) is 8.29. The largest absolute Gasteiger partial charge is 0.488 e. The molecule has 2 aliphatic heterocycles. The molecule has 0 saturated carbocycles. The second-order valence-electron chi connectivity index (χ2n) is 11.6. The van der Waals surface area contributed by atoms with Gasteiger partial charge in [0.2, 0.25) is 0 Å². The van der Waals surface area contributed by atoms with Crippen LogP contribution < -0.4 is 4.74 Å². The average Bonchev–Trinajstić information content (AvgIpc) is 3.18. The van der Waals surface area contributed by atoms with E-state index in [2.05, 4.69) is 55.5 Å². The molecule has 1 aromatic heterocycles. The minimum Gasteiger partial charge on any atom is -0.488 e. The first-order valence-electron chi connectivity index (χ1n) is 13.9. The Balaban J connectivity index is 0.00000130. The SMILES string of the molecule is CC.CCCN1CC(Oc2cc(F)c([C@@H]3c4[nH]c5ccccc5c4C[C@@H](C)N3CC(C)(C)C)c(F)c2)C1.[HH]. The first-order chi connectivity index (χ1) is 17.6. The summed E-state index contributed by atoms with van der Waals surface area (Å²) in [4.78, 5) is 8.07. The van der Waals surface area contributed by atoms with Crippen LogP contribution in [0.3, 0.4) is 0 Å². The van der Waals surface area contributed by atoms with Gasteiger partial charge >= 0.3 is 0 Å². The predicted octanol–water partition coefficient (Wildman–Crippen LogP) is 7.57. The highest BCUT2D eigenvalue weighted by molar-refractivity contribution is 5.85. The number of aromatic amines is 1. The minimum absolute atomic E-state index is 0. The summed E-state index contributed by atoms with van der Waals surface area (Å²) in [7, 11) is 0. The van der Waals surface area contributed by atoms with Gasteiger partial charge in [-0.3, -0.25) is 9.80 Å². The summed E-state index contributed by atoms with van der Waals surface area (Å²) in [6.07, 6.45) is 1.91. The zero-order valence-corrected chi connectivity index (χ0v) is 23.5. The molecule has 2 atom stereocenters. The molecule has 6 heteroatoms. The Morgan fingerprint density at radius 1 is 1.08 bits per heavy atom. The van der Waals surface area contributed by atoms with Crippen LogP contribution >= 0.6 is 0 Å². The fraction of sp³-hybridized carbons (Fsp3) is 0.548. The molecular weight excluding hydrogens is 468 g/mol. The van der Waals surface area contributed by atoms with Crippen LogP contribution in [0.15, 0.2) is 36.4 Å². The van der Waals surface area contributed by atoms with Crippen LogP contribution in [0.25, 0.3) is 10.9 Å². The summed E-state index contributed by atoms with van der Waals surface area (Å²) < 4.78 is 37.5. The monoisotopic (exact) mass is 513 g/mol. The molecule has 1 fully saturated rings. The van der Waals surface area contributed by atoms with Crippen LogP contribution in [0.2, 0.25) is 0 Å². The summed E-state index contributed by atoms with van der Waals surface area (Å²) in [5.74, 6) is -0.826. The van der Waals surface area contributed by atoms with Crippen molar-refractivity contribution in [1.29, 1.82) is 0 Å². The molecule has 0 bridgehead atoms. The van der Waals surface area contributed by atoms with E-state index < -0.39 is 17.7 Å². The lowest BCUT2D eigenvalue weighted by atomic mass is 9.85. The quantitative estimate of drug-likeness (QED) is 0.369. The molecule has 37 heavy (non-hydrogen) atoms. The van der Waals surface area contributed by atoms with E-state index in [9.17, 15) is 0 Å². The van der Waals surface area contributed by atoms with E-state index in [-0.39, 0.29) is 30.3 Å². The fourth-order valence-corrected chi connectivity index (χ4v) is 5.79. The second kappa shape index (κ2) is 11.1. The molecule has 2 aromatic carbocycles. The summed E-state index contributed by atoms with van der Waals surface area (Å²) >= 11 is 0. The smallest absolute Gasteiger partial charge is 0.135 e. The second-order valence-corrected chi connectivity index (χ2v) is 11.6. The molecular formula is C31H45F2N3O. The van der Waals surface area contributed by atoms with Crippen molar-refractivity contribution in [2.24, 2.45) is 5.41 Å². The summed E-state index contributed by atoms with van der Waals surface area (Å²) in [6, 6.07) is 10.5. The normalized spacial score (nSPS) is 20.8. The van der Waals surface area contributed by atoms with E-state index in [1.54, 1.807) is 0 Å². The zero-order chi connectivity index (χ0) is 26.9. The van der Waals surface area contributed by atoms with E-state index in [1.165, 1.54) is 12.1 Å². The first-order valence-corrected chi connectivity index (χ1v) is 13.9. The molecule has 0 spiro atoms. The van der Waals surface area contributed by atoms with Gasteiger partial charge in [0.05, 0.1) is 6.04 Å². The molecule has 0 amide bonds. The molecule has 4 nitrogen and oxygen atoms in total. The van der Waals surface area contributed by atoms with Crippen molar-refractivity contribution >= 4 is 10.9 Å². The third-order valence-electron chi connectivity index (χ3n) is 7.27. The van der Waals surface area contributed by atoms with Crippen molar-refractivity contribution in [2.75, 3.05) is 26.2 Å². The number of ether oxygens (including phenoxy) is 1. The van der Waals surface area contributed by atoms with Crippen LogP contribution in [-0.4, -0.2) is 53.1 Å². The molecule has 204 valence electrons. The lowest BCUT2D eigenvalue weighted by Gasteiger charge is -2.44. The van der Waals surface area contributed by atoms with Crippen molar-refractivity contribution in [3.63, 3.8) is 0 Å². The van der Waals surface area contributed by atoms with Gasteiger partial charge in [-0.05, 0) is 43.4 Å². The van der Waals surface area contributed by atoms with Crippen molar-refractivity contribution in [3.05, 3.63) is 64.9 Å². The fourth-order valence-electron chi connectivity index (χ4n) is 5.79. The standard InChI is InChI=1S/C29H37F2N3O.C2H6.H2/c1-6-11-33-15-20(16-33)35-19-13-23(30)26(24(31)14-19)28-27-22(21-9-7-8-10-25(21)32-27)12-18(2)34(28)17-29(3,4)5;1-2;/h7-10,13-14,18,20,28,32H,6,11-12,15-17H2,1-5H3;1-2H3;1H/t18-,28-;;/m1../s1. The lowest BCUT2D eigenvalue weighted by Crippen LogP contribution is -2.53. The van der Waals surface area contributed by atoms with Gasteiger partial charge in [-0.25, -0.2) is 8.78 Å². The Morgan fingerprint density at radius 2 is 1.73 bits per heavy atom. The Bertz CT molecular complexity index is 1190. The van der Waals surface area contributed by atoms with Crippen molar-refractivity contribution in [1.82, 2.24) is 14.8 Å². The van der Waals surface area contributed by atoms with Gasteiger partial charge in [-0.15, -0.1) is 0 Å². The maximum atomic E-state index is 15.8. The van der Waals surface area contributed by atoms with Crippen LogP contribution in [0.1, 0.15) is 79.2 Å². The first kappa shape index (κ1) is 27.6. The highest BCUT2D eigenvalue weighted by atomic mass is 19.1. The van der Waals surface area contributed by atoms with Crippen molar-refractivity contribution in [3.8, 4) is 5.75 Å². The number of likely N-dealkylation sites (tertiary alicyclic amines) is 1. The molecule has 1 N–H and O–H groups in total. The third kappa shape index (κ3) is 5.70. The Hall–Kier alpha value is -2.44. The molecule has 3 aromatic rings. The van der Waals surface area contributed by atoms with Gasteiger partial charge in [0.25, 0.3) is 0 Å². The molecule has 2 aliphatic rings. The molecule has 0 radical (unpaired) electrons. The van der Waals surface area contributed by atoms with Gasteiger partial charge in [0, 0.05) is 61.4 Å². The number of hydrogen-bond acceptors (Lipinski definition) is 3. The van der Waals surface area contributed by atoms with E-state index in [0.29, 0.717) is 0 Å². The van der Waals surface area contributed by atoms with E-state index in [4.69, 9.17) is 4.74 Å². The molecule has 3 heterocycles. The minimum atomic E-state index is -0.549. The van der Waals surface area contributed by atoms with E-state index in [1.807, 2.05) is 32.0 Å². The maximum absolute atomic E-state index is 15.8. The van der Waals surface area contributed by atoms with Gasteiger partial charge in [-0.2, -0.15) is 0 Å². The van der Waals surface area contributed by atoms with Crippen LogP contribution in [0.4, 0.5) is 8.78 Å². The zero-order valence-electron chi connectivity index (χ0n) is 23.5. The number of halogens is 2. The van der Waals surface area contributed by atoms with Crippen LogP contribution in [-0.2, 0) is 6.42 Å². The third-order valence-corrected chi connectivity index (χ3v) is 7.27. The predicted molar refractivity (Wildman–Crippen MR) is 150 cm³/mol. The van der Waals surface area contributed by atoms with Gasteiger partial charge in [0.1, 0.15) is 23.5 Å². The number of rotatable bonds is 6. The maximum Gasteiger partial charge on any atom is 0.135 e. The van der Waals surface area contributed by atoms with E-state index >= 15 is 8.78 Å². The van der Waals surface area contributed by atoms with Crippen molar-refractivity contribution in [2.45, 2.75) is 79.5 Å². The Labute approximate surface area is 222 Å². The number of nitrogens with one attached hydrogen (secondary N) is 1. The molecule has 0 unspecified atom stereocenters. The molecule has 0 aliphatic carbocycles.